The quantitative estimate of drug-likeness (QED) is 0.871. The van der Waals surface area contributed by atoms with Gasteiger partial charge in [-0.2, -0.15) is 4.98 Å². The molecule has 0 unspecified atom stereocenters. The van der Waals surface area contributed by atoms with Crippen molar-refractivity contribution >= 4 is 0 Å². The van der Waals surface area contributed by atoms with Crippen molar-refractivity contribution in [3.8, 4) is 0 Å². The van der Waals surface area contributed by atoms with E-state index in [1.807, 2.05) is 6.92 Å². The lowest BCUT2D eigenvalue weighted by atomic mass is 9.83. The predicted molar refractivity (Wildman–Crippen MR) is 86.0 cm³/mol. The standard InChI is InChI=1S/C18H23N3O2/c1-12-3-5-14(6-4-12)7-21-8-15-10-22-11-17(16(15)9-21)18-19-13(2)20-23-18/h3-6,15-17H,7-11H2,1-2H3/t15-,16-,17+/m1/s1. The van der Waals surface area contributed by atoms with E-state index in [9.17, 15) is 0 Å². The Bertz CT molecular complexity index is 667. The number of likely N-dealkylation sites (tertiary alicyclic amines) is 1. The van der Waals surface area contributed by atoms with E-state index in [1.54, 1.807) is 0 Å². The molecular formula is C18H23N3O2. The van der Waals surface area contributed by atoms with Crippen molar-refractivity contribution in [2.45, 2.75) is 26.3 Å². The summed E-state index contributed by atoms with van der Waals surface area (Å²) in [5.74, 6) is 2.80. The number of fused-ring (bicyclic) bond motifs is 1. The van der Waals surface area contributed by atoms with Crippen LogP contribution in [0.3, 0.4) is 0 Å². The number of aromatic nitrogens is 2. The first-order valence-electron chi connectivity index (χ1n) is 8.35. The van der Waals surface area contributed by atoms with Gasteiger partial charge in [0, 0.05) is 19.6 Å². The van der Waals surface area contributed by atoms with Crippen LogP contribution < -0.4 is 0 Å². The lowest BCUT2D eigenvalue weighted by Gasteiger charge is -2.30. The number of ether oxygens (including phenoxy) is 1. The lowest BCUT2D eigenvalue weighted by Crippen LogP contribution is -2.33. The highest BCUT2D eigenvalue weighted by Crippen LogP contribution is 2.39. The van der Waals surface area contributed by atoms with Crippen LogP contribution in [-0.2, 0) is 11.3 Å². The van der Waals surface area contributed by atoms with Crippen LogP contribution in [0.5, 0.6) is 0 Å². The van der Waals surface area contributed by atoms with Crippen molar-refractivity contribution < 1.29 is 9.26 Å². The summed E-state index contributed by atoms with van der Waals surface area (Å²) in [6.07, 6.45) is 0. The van der Waals surface area contributed by atoms with Gasteiger partial charge in [0.15, 0.2) is 5.82 Å². The van der Waals surface area contributed by atoms with E-state index in [0.717, 1.165) is 32.1 Å². The molecule has 0 amide bonds. The summed E-state index contributed by atoms with van der Waals surface area (Å²) in [4.78, 5) is 6.97. The van der Waals surface area contributed by atoms with E-state index >= 15 is 0 Å². The number of aryl methyl sites for hydroxylation is 2. The van der Waals surface area contributed by atoms with Crippen LogP contribution in [-0.4, -0.2) is 41.3 Å². The fourth-order valence-corrected chi connectivity index (χ4v) is 3.89. The van der Waals surface area contributed by atoms with Gasteiger partial charge in [-0.1, -0.05) is 35.0 Å². The van der Waals surface area contributed by atoms with Gasteiger partial charge in [-0.25, -0.2) is 0 Å². The van der Waals surface area contributed by atoms with Crippen molar-refractivity contribution in [2.75, 3.05) is 26.3 Å². The maximum atomic E-state index is 5.82. The van der Waals surface area contributed by atoms with Crippen LogP contribution in [0.4, 0.5) is 0 Å². The zero-order valence-corrected chi connectivity index (χ0v) is 13.7. The molecule has 0 spiro atoms. The molecule has 5 heteroatoms. The molecule has 2 aromatic rings. The van der Waals surface area contributed by atoms with Crippen molar-refractivity contribution in [1.82, 2.24) is 15.0 Å². The summed E-state index contributed by atoms with van der Waals surface area (Å²) in [7, 11) is 0. The molecule has 4 rings (SSSR count). The van der Waals surface area contributed by atoms with E-state index < -0.39 is 0 Å². The SMILES string of the molecule is Cc1ccc(CN2C[C@@H]3COC[C@H](c4nc(C)no4)[C@@H]3C2)cc1. The van der Waals surface area contributed by atoms with Gasteiger partial charge in [0.05, 0.1) is 19.1 Å². The molecule has 1 aromatic carbocycles. The van der Waals surface area contributed by atoms with Gasteiger partial charge in [-0.3, -0.25) is 4.90 Å². The minimum atomic E-state index is 0.234. The zero-order chi connectivity index (χ0) is 15.8. The molecule has 2 fully saturated rings. The molecule has 0 aliphatic carbocycles. The first-order chi connectivity index (χ1) is 11.2. The second-order valence-electron chi connectivity index (χ2n) is 6.93. The molecule has 23 heavy (non-hydrogen) atoms. The van der Waals surface area contributed by atoms with Gasteiger partial charge >= 0.3 is 0 Å². The van der Waals surface area contributed by atoms with Gasteiger partial charge in [0.25, 0.3) is 0 Å². The molecule has 3 heterocycles. The molecule has 122 valence electrons. The van der Waals surface area contributed by atoms with Gasteiger partial charge in [0.2, 0.25) is 5.89 Å². The van der Waals surface area contributed by atoms with Gasteiger partial charge in [-0.05, 0) is 31.2 Å². The average molecular weight is 313 g/mol. The van der Waals surface area contributed by atoms with Crippen LogP contribution in [0.25, 0.3) is 0 Å². The minimum Gasteiger partial charge on any atom is -0.380 e. The number of benzene rings is 1. The highest BCUT2D eigenvalue weighted by Gasteiger charge is 2.43. The summed E-state index contributed by atoms with van der Waals surface area (Å²) in [5, 5.41) is 3.95. The summed E-state index contributed by atoms with van der Waals surface area (Å²) in [5.41, 5.74) is 2.68. The van der Waals surface area contributed by atoms with Crippen LogP contribution in [0.2, 0.25) is 0 Å². The number of hydrogen-bond donors (Lipinski definition) is 0. The lowest BCUT2D eigenvalue weighted by molar-refractivity contribution is 0.00991. The molecule has 0 bridgehead atoms. The van der Waals surface area contributed by atoms with Gasteiger partial charge in [-0.15, -0.1) is 0 Å². The topological polar surface area (TPSA) is 51.4 Å². The second kappa shape index (κ2) is 6.06. The Morgan fingerprint density at radius 2 is 1.96 bits per heavy atom. The molecule has 2 saturated heterocycles. The molecule has 0 radical (unpaired) electrons. The Labute approximate surface area is 136 Å². The van der Waals surface area contributed by atoms with Gasteiger partial charge in [0.1, 0.15) is 0 Å². The van der Waals surface area contributed by atoms with Crippen LogP contribution >= 0.6 is 0 Å². The first-order valence-corrected chi connectivity index (χ1v) is 8.35. The fourth-order valence-electron chi connectivity index (χ4n) is 3.89. The third-order valence-electron chi connectivity index (χ3n) is 5.10. The number of hydrogen-bond acceptors (Lipinski definition) is 5. The zero-order valence-electron chi connectivity index (χ0n) is 13.7. The molecule has 0 N–H and O–H groups in total. The minimum absolute atomic E-state index is 0.234. The maximum Gasteiger partial charge on any atom is 0.232 e. The van der Waals surface area contributed by atoms with Crippen molar-refractivity contribution in [2.24, 2.45) is 11.8 Å². The van der Waals surface area contributed by atoms with E-state index in [2.05, 4.69) is 46.2 Å². The normalized spacial score (nSPS) is 28.0. The highest BCUT2D eigenvalue weighted by atomic mass is 16.5. The molecular weight excluding hydrogens is 290 g/mol. The smallest absolute Gasteiger partial charge is 0.232 e. The summed E-state index contributed by atoms with van der Waals surface area (Å²) in [6, 6.07) is 8.83. The largest absolute Gasteiger partial charge is 0.380 e. The molecule has 5 nitrogen and oxygen atoms in total. The van der Waals surface area contributed by atoms with Crippen molar-refractivity contribution in [1.29, 1.82) is 0 Å². The first kappa shape index (κ1) is 14.8. The van der Waals surface area contributed by atoms with E-state index in [4.69, 9.17) is 9.26 Å². The van der Waals surface area contributed by atoms with Crippen LogP contribution in [0, 0.1) is 25.7 Å². The highest BCUT2D eigenvalue weighted by molar-refractivity contribution is 5.21. The van der Waals surface area contributed by atoms with Crippen molar-refractivity contribution in [3.63, 3.8) is 0 Å². The molecule has 2 aliphatic rings. The summed E-state index contributed by atoms with van der Waals surface area (Å²) >= 11 is 0. The third-order valence-corrected chi connectivity index (χ3v) is 5.10. The van der Waals surface area contributed by atoms with Crippen LogP contribution in [0.1, 0.15) is 28.8 Å². The van der Waals surface area contributed by atoms with E-state index in [-0.39, 0.29) is 5.92 Å². The predicted octanol–water partition coefficient (Wildman–Crippen LogP) is 2.55. The molecule has 0 saturated carbocycles. The molecule has 3 atom stereocenters. The van der Waals surface area contributed by atoms with E-state index in [1.165, 1.54) is 11.1 Å². The van der Waals surface area contributed by atoms with E-state index in [0.29, 0.717) is 24.3 Å². The second-order valence-corrected chi connectivity index (χ2v) is 6.93. The summed E-state index contributed by atoms with van der Waals surface area (Å²) < 4.78 is 11.2. The Balaban J connectivity index is 1.47. The number of nitrogens with zero attached hydrogens (tertiary/aromatic N) is 3. The Kier molecular flexibility index (Phi) is 3.91. The van der Waals surface area contributed by atoms with Crippen molar-refractivity contribution in [3.05, 3.63) is 47.1 Å². The third kappa shape index (κ3) is 3.03. The fraction of sp³-hybridized carbons (Fsp3) is 0.556. The summed E-state index contributed by atoms with van der Waals surface area (Å²) in [6.45, 7) is 8.70. The average Bonchev–Trinajstić information content (AvgIpc) is 3.15. The molecule has 1 aromatic heterocycles. The Hall–Kier alpha value is -1.72. The monoisotopic (exact) mass is 313 g/mol. The van der Waals surface area contributed by atoms with Crippen LogP contribution in [0.15, 0.2) is 28.8 Å². The van der Waals surface area contributed by atoms with Gasteiger partial charge < -0.3 is 9.26 Å². The maximum absolute atomic E-state index is 5.82. The number of rotatable bonds is 3. The Morgan fingerprint density at radius 1 is 1.13 bits per heavy atom. The molecule has 2 aliphatic heterocycles. The Morgan fingerprint density at radius 3 is 2.70 bits per heavy atom.